The summed E-state index contributed by atoms with van der Waals surface area (Å²) < 4.78 is 12.9. The molecule has 0 saturated heterocycles. The van der Waals surface area contributed by atoms with E-state index in [0.717, 1.165) is 29.0 Å². The molecule has 0 saturated carbocycles. The third-order valence-corrected chi connectivity index (χ3v) is 2.48. The Labute approximate surface area is 110 Å². The van der Waals surface area contributed by atoms with Crippen molar-refractivity contribution < 1.29 is 24.6 Å². The molecule has 8 nitrogen and oxygen atoms in total. The number of nitrogens with zero attached hydrogens (tertiary/aromatic N) is 2. The van der Waals surface area contributed by atoms with E-state index in [-0.39, 0.29) is 11.5 Å². The van der Waals surface area contributed by atoms with Gasteiger partial charge in [0.2, 0.25) is 0 Å². The lowest BCUT2D eigenvalue weighted by atomic mass is 10.1. The van der Waals surface area contributed by atoms with Crippen LogP contribution in [-0.2, 0) is 0 Å². The zero-order valence-electron chi connectivity index (χ0n) is 9.74. The van der Waals surface area contributed by atoms with Gasteiger partial charge in [0.05, 0.1) is 11.3 Å². The zero-order valence-corrected chi connectivity index (χ0v) is 9.74. The van der Waals surface area contributed by atoms with Crippen LogP contribution in [0.2, 0.25) is 0 Å². The van der Waals surface area contributed by atoms with Gasteiger partial charge in [0, 0.05) is 18.3 Å². The maximum Gasteiger partial charge on any atom is 0.354 e. The van der Waals surface area contributed by atoms with Gasteiger partial charge in [-0.1, -0.05) is 0 Å². The summed E-state index contributed by atoms with van der Waals surface area (Å²) in [5.41, 5.74) is -0.422. The van der Waals surface area contributed by atoms with Crippen molar-refractivity contribution in [3.05, 3.63) is 40.4 Å². The summed E-state index contributed by atoms with van der Waals surface area (Å²) in [7, 11) is 0. The van der Waals surface area contributed by atoms with Crippen molar-refractivity contribution in [1.82, 2.24) is 9.55 Å². The van der Waals surface area contributed by atoms with Crippen LogP contribution >= 0.6 is 0 Å². The molecule has 1 aromatic carbocycles. The SMILES string of the molecule is O=C(O)c1cc(O)c(O)cc1-n1ccc(NF)nc1=O. The molecule has 0 aliphatic carbocycles. The highest BCUT2D eigenvalue weighted by Gasteiger charge is 2.17. The molecule has 9 heteroatoms. The van der Waals surface area contributed by atoms with Crippen molar-refractivity contribution in [2.75, 3.05) is 5.54 Å². The molecule has 1 heterocycles. The van der Waals surface area contributed by atoms with Gasteiger partial charge in [0.25, 0.3) is 0 Å². The Morgan fingerprint density at radius 2 is 1.95 bits per heavy atom. The van der Waals surface area contributed by atoms with Crippen LogP contribution in [0.3, 0.4) is 0 Å². The maximum atomic E-state index is 12.1. The highest BCUT2D eigenvalue weighted by molar-refractivity contribution is 5.93. The van der Waals surface area contributed by atoms with Gasteiger partial charge in [-0.25, -0.2) is 15.1 Å². The number of anilines is 1. The number of carbonyl (C=O) groups is 1. The molecule has 0 spiro atoms. The van der Waals surface area contributed by atoms with Crippen LogP contribution in [-0.4, -0.2) is 30.8 Å². The number of halogens is 1. The summed E-state index contributed by atoms with van der Waals surface area (Å²) in [5, 5.41) is 27.7. The van der Waals surface area contributed by atoms with Gasteiger partial charge in [0.1, 0.15) is 0 Å². The summed E-state index contributed by atoms with van der Waals surface area (Å²) in [4.78, 5) is 26.1. The minimum atomic E-state index is -1.42. The van der Waals surface area contributed by atoms with E-state index in [4.69, 9.17) is 5.11 Å². The first kappa shape index (κ1) is 13.3. The number of carboxylic acid groups (broad SMARTS) is 1. The van der Waals surface area contributed by atoms with Gasteiger partial charge in [-0.2, -0.15) is 4.98 Å². The van der Waals surface area contributed by atoms with Crippen molar-refractivity contribution in [2.45, 2.75) is 0 Å². The summed E-state index contributed by atoms with van der Waals surface area (Å²) in [6, 6.07) is 2.78. The van der Waals surface area contributed by atoms with Gasteiger partial charge in [-0.15, -0.1) is 4.48 Å². The van der Waals surface area contributed by atoms with Crippen LogP contribution in [0.5, 0.6) is 11.5 Å². The number of phenolic OH excluding ortho intramolecular Hbond substituents is 2. The second-order valence-electron chi connectivity index (χ2n) is 3.72. The molecule has 0 atom stereocenters. The Kier molecular flexibility index (Phi) is 3.25. The number of benzene rings is 1. The molecule has 1 aromatic heterocycles. The molecule has 0 bridgehead atoms. The first-order chi connectivity index (χ1) is 9.43. The molecule has 0 aliphatic rings. The van der Waals surface area contributed by atoms with E-state index in [9.17, 15) is 24.3 Å². The fraction of sp³-hybridized carbons (Fsp3) is 0. The molecular formula is C11H8FN3O5. The van der Waals surface area contributed by atoms with Crippen LogP contribution in [0.1, 0.15) is 10.4 Å². The van der Waals surface area contributed by atoms with Gasteiger partial charge in [-0.05, 0) is 6.07 Å². The number of rotatable bonds is 3. The number of nitrogens with one attached hydrogen (secondary N) is 1. The molecule has 104 valence electrons. The summed E-state index contributed by atoms with van der Waals surface area (Å²) in [5.74, 6) is -3.01. The van der Waals surface area contributed by atoms with E-state index in [1.165, 1.54) is 5.54 Å². The Morgan fingerprint density at radius 3 is 2.50 bits per heavy atom. The predicted octanol–water partition coefficient (Wildman–Crippen LogP) is 0.638. The van der Waals surface area contributed by atoms with Gasteiger partial charge in [-0.3, -0.25) is 4.57 Å². The minimum Gasteiger partial charge on any atom is -0.504 e. The lowest BCUT2D eigenvalue weighted by Crippen LogP contribution is -2.23. The van der Waals surface area contributed by atoms with Crippen LogP contribution in [0, 0.1) is 0 Å². The monoisotopic (exact) mass is 281 g/mol. The van der Waals surface area contributed by atoms with E-state index in [0.29, 0.717) is 0 Å². The standard InChI is InChI=1S/C11H8FN3O5/c12-14-9-1-2-15(11(20)13-9)6-4-8(17)7(16)3-5(6)10(18)19/h1-4,16-17H,(H,18,19)(H,13,14,20). The Balaban J connectivity index is 2.72. The van der Waals surface area contributed by atoms with Crippen molar-refractivity contribution >= 4 is 11.8 Å². The topological polar surface area (TPSA) is 125 Å². The molecule has 4 N–H and O–H groups in total. The third-order valence-electron chi connectivity index (χ3n) is 2.48. The first-order valence-corrected chi connectivity index (χ1v) is 5.20. The summed E-state index contributed by atoms with van der Waals surface area (Å²) >= 11 is 0. The molecule has 2 aromatic rings. The van der Waals surface area contributed by atoms with E-state index in [2.05, 4.69) is 4.98 Å². The van der Waals surface area contributed by atoms with Gasteiger partial charge in [0.15, 0.2) is 17.3 Å². The maximum absolute atomic E-state index is 12.1. The van der Waals surface area contributed by atoms with Crippen molar-refractivity contribution in [1.29, 1.82) is 0 Å². The lowest BCUT2D eigenvalue weighted by molar-refractivity contribution is 0.0696. The Bertz CT molecular complexity index is 743. The number of phenols is 2. The van der Waals surface area contributed by atoms with Gasteiger partial charge < -0.3 is 15.3 Å². The van der Waals surface area contributed by atoms with Crippen LogP contribution < -0.4 is 11.2 Å². The number of carboxylic acids is 1. The second-order valence-corrected chi connectivity index (χ2v) is 3.72. The fourth-order valence-electron chi connectivity index (χ4n) is 1.58. The predicted molar refractivity (Wildman–Crippen MR) is 64.9 cm³/mol. The van der Waals surface area contributed by atoms with Crippen LogP contribution in [0.25, 0.3) is 5.69 Å². The number of aromatic nitrogens is 2. The molecule has 0 amide bonds. The lowest BCUT2D eigenvalue weighted by Gasteiger charge is -2.10. The normalized spacial score (nSPS) is 10.2. The number of hydrogen-bond donors (Lipinski definition) is 4. The van der Waals surface area contributed by atoms with Crippen molar-refractivity contribution in [2.24, 2.45) is 0 Å². The smallest absolute Gasteiger partial charge is 0.354 e. The van der Waals surface area contributed by atoms with Gasteiger partial charge >= 0.3 is 11.7 Å². The van der Waals surface area contributed by atoms with Crippen LogP contribution in [0.4, 0.5) is 10.3 Å². The van der Waals surface area contributed by atoms with E-state index in [1.807, 2.05) is 0 Å². The number of aromatic hydroxyl groups is 2. The second kappa shape index (κ2) is 4.88. The average Bonchev–Trinajstić information content (AvgIpc) is 2.41. The minimum absolute atomic E-state index is 0.212. The Morgan fingerprint density at radius 1 is 1.30 bits per heavy atom. The highest BCUT2D eigenvalue weighted by Crippen LogP contribution is 2.30. The molecule has 0 fully saturated rings. The number of aromatic carboxylic acids is 1. The van der Waals surface area contributed by atoms with E-state index < -0.39 is 28.7 Å². The molecule has 2 rings (SSSR count). The zero-order chi connectivity index (χ0) is 14.9. The third kappa shape index (κ3) is 2.23. The summed E-state index contributed by atoms with van der Waals surface area (Å²) in [6.07, 6.45) is 1.08. The first-order valence-electron chi connectivity index (χ1n) is 5.20. The molecule has 0 radical (unpaired) electrons. The fourth-order valence-corrected chi connectivity index (χ4v) is 1.58. The van der Waals surface area contributed by atoms with E-state index >= 15 is 0 Å². The highest BCUT2D eigenvalue weighted by atomic mass is 19.2. The average molecular weight is 281 g/mol. The van der Waals surface area contributed by atoms with E-state index in [1.54, 1.807) is 0 Å². The molecular weight excluding hydrogens is 273 g/mol. The van der Waals surface area contributed by atoms with Crippen LogP contribution in [0.15, 0.2) is 29.2 Å². The number of hydrogen-bond acceptors (Lipinski definition) is 6. The Hall–Kier alpha value is -3.10. The molecule has 0 aliphatic heterocycles. The molecule has 20 heavy (non-hydrogen) atoms. The summed E-state index contributed by atoms with van der Waals surface area (Å²) in [6.45, 7) is 0. The van der Waals surface area contributed by atoms with Crippen molar-refractivity contribution in [3.8, 4) is 17.2 Å². The molecule has 0 unspecified atom stereocenters. The largest absolute Gasteiger partial charge is 0.504 e. The quantitative estimate of drug-likeness (QED) is 0.480. The van der Waals surface area contributed by atoms with Crippen molar-refractivity contribution in [3.63, 3.8) is 0 Å².